The van der Waals surface area contributed by atoms with Gasteiger partial charge in [-0.1, -0.05) is 12.1 Å². The first-order valence-electron chi connectivity index (χ1n) is 4.35. The number of furan rings is 1. The van der Waals surface area contributed by atoms with Gasteiger partial charge in [0, 0.05) is 11.6 Å². The van der Waals surface area contributed by atoms with Gasteiger partial charge in [-0.25, -0.2) is 0 Å². The van der Waals surface area contributed by atoms with E-state index in [0.717, 1.165) is 0 Å². The summed E-state index contributed by atoms with van der Waals surface area (Å²) in [4.78, 5) is 0. The van der Waals surface area contributed by atoms with Crippen molar-refractivity contribution in [1.82, 2.24) is 0 Å². The number of rotatable bonds is 2. The van der Waals surface area contributed by atoms with E-state index in [-0.39, 0.29) is 5.75 Å². The lowest BCUT2D eigenvalue weighted by Gasteiger charge is -2.08. The quantitative estimate of drug-likeness (QED) is 0.781. The van der Waals surface area contributed by atoms with Crippen molar-refractivity contribution in [3.8, 4) is 16.9 Å². The molecule has 1 heterocycles. The van der Waals surface area contributed by atoms with Gasteiger partial charge in [0.2, 0.25) is 0 Å². The molecule has 0 unspecified atom stereocenters. The molecule has 0 aliphatic carbocycles. The molecule has 0 aliphatic rings. The van der Waals surface area contributed by atoms with Crippen LogP contribution >= 0.6 is 0 Å². The summed E-state index contributed by atoms with van der Waals surface area (Å²) in [6, 6.07) is 8.28. The van der Waals surface area contributed by atoms with E-state index in [1.807, 2.05) is 0 Å². The molecule has 0 fully saturated rings. The van der Waals surface area contributed by atoms with Crippen molar-refractivity contribution in [3.05, 3.63) is 42.9 Å². The van der Waals surface area contributed by atoms with Gasteiger partial charge in [0.05, 0.1) is 12.5 Å². The van der Waals surface area contributed by atoms with Crippen molar-refractivity contribution < 1.29 is 22.3 Å². The Labute approximate surface area is 89.3 Å². The number of benzene rings is 1. The first-order valence-corrected chi connectivity index (χ1v) is 4.35. The third-order valence-electron chi connectivity index (χ3n) is 1.87. The highest BCUT2D eigenvalue weighted by molar-refractivity contribution is 5.62. The van der Waals surface area contributed by atoms with Gasteiger partial charge in [0.1, 0.15) is 5.75 Å². The molecule has 0 saturated carbocycles. The van der Waals surface area contributed by atoms with E-state index in [1.165, 1.54) is 36.8 Å². The van der Waals surface area contributed by atoms with Crippen LogP contribution < -0.4 is 4.74 Å². The second-order valence-corrected chi connectivity index (χ2v) is 3.00. The summed E-state index contributed by atoms with van der Waals surface area (Å²) >= 11 is 0. The molecule has 0 saturated heterocycles. The van der Waals surface area contributed by atoms with Gasteiger partial charge in [-0.2, -0.15) is 0 Å². The standard InChI is InChI=1S/C11H6F3O2/c12-11(13,14)16-10-3-1-8(2-4-10)9-5-6-15-7-9/h1-4,6-7H. The molecular weight excluding hydrogens is 221 g/mol. The summed E-state index contributed by atoms with van der Waals surface area (Å²) in [5.74, 6) is -0.250. The minimum Gasteiger partial charge on any atom is -0.471 e. The van der Waals surface area contributed by atoms with E-state index in [1.54, 1.807) is 0 Å². The van der Waals surface area contributed by atoms with Crippen molar-refractivity contribution >= 4 is 0 Å². The van der Waals surface area contributed by atoms with Gasteiger partial charge >= 0.3 is 6.36 Å². The van der Waals surface area contributed by atoms with Crippen LogP contribution in [-0.4, -0.2) is 6.36 Å². The van der Waals surface area contributed by atoms with Gasteiger partial charge in [0.15, 0.2) is 0 Å². The molecule has 1 aromatic heterocycles. The highest BCUT2D eigenvalue weighted by atomic mass is 19.4. The fourth-order valence-electron chi connectivity index (χ4n) is 1.22. The highest BCUT2D eigenvalue weighted by Crippen LogP contribution is 2.26. The Morgan fingerprint density at radius 2 is 1.81 bits per heavy atom. The Balaban J connectivity index is 2.17. The topological polar surface area (TPSA) is 22.4 Å². The van der Waals surface area contributed by atoms with Gasteiger partial charge < -0.3 is 9.15 Å². The maximum absolute atomic E-state index is 11.9. The van der Waals surface area contributed by atoms with Crippen LogP contribution in [0.1, 0.15) is 0 Å². The summed E-state index contributed by atoms with van der Waals surface area (Å²) in [6.07, 6.45) is -1.83. The number of alkyl halides is 3. The maximum Gasteiger partial charge on any atom is 0.573 e. The van der Waals surface area contributed by atoms with E-state index in [0.29, 0.717) is 11.1 Å². The van der Waals surface area contributed by atoms with Gasteiger partial charge in [0.25, 0.3) is 0 Å². The van der Waals surface area contributed by atoms with Crippen LogP contribution in [0.5, 0.6) is 5.75 Å². The molecule has 0 aliphatic heterocycles. The lowest BCUT2D eigenvalue weighted by atomic mass is 10.1. The second-order valence-electron chi connectivity index (χ2n) is 3.00. The van der Waals surface area contributed by atoms with E-state index >= 15 is 0 Å². The molecule has 2 aromatic rings. The molecule has 16 heavy (non-hydrogen) atoms. The van der Waals surface area contributed by atoms with Crippen LogP contribution in [0.25, 0.3) is 11.1 Å². The zero-order valence-corrected chi connectivity index (χ0v) is 7.91. The van der Waals surface area contributed by atoms with Crippen LogP contribution in [0.15, 0.2) is 41.2 Å². The summed E-state index contributed by atoms with van der Waals surface area (Å²) in [5, 5.41) is 0. The van der Waals surface area contributed by atoms with Gasteiger partial charge in [-0.3, -0.25) is 0 Å². The second kappa shape index (κ2) is 3.92. The molecule has 0 atom stereocenters. The van der Waals surface area contributed by atoms with E-state index in [9.17, 15) is 13.2 Å². The highest BCUT2D eigenvalue weighted by Gasteiger charge is 2.30. The van der Waals surface area contributed by atoms with Gasteiger partial charge in [-0.05, 0) is 17.7 Å². The van der Waals surface area contributed by atoms with Gasteiger partial charge in [-0.15, -0.1) is 13.2 Å². The SMILES string of the molecule is FC(F)(F)Oc1ccc(-c2[c]coc2)cc1. The molecule has 0 N–H and O–H groups in total. The minimum absolute atomic E-state index is 0.250. The van der Waals surface area contributed by atoms with E-state index in [2.05, 4.69) is 10.8 Å². The summed E-state index contributed by atoms with van der Waals surface area (Å²) in [5.41, 5.74) is 1.39. The molecule has 83 valence electrons. The molecule has 1 aromatic carbocycles. The predicted octanol–water partition coefficient (Wildman–Crippen LogP) is 3.65. The van der Waals surface area contributed by atoms with Crippen LogP contribution in [0, 0.1) is 6.07 Å². The Kier molecular flexibility index (Phi) is 2.60. The van der Waals surface area contributed by atoms with Crippen molar-refractivity contribution in [2.45, 2.75) is 6.36 Å². The average molecular weight is 227 g/mol. The normalized spacial score (nSPS) is 11.4. The molecular formula is C11H6F3O2. The molecule has 0 bridgehead atoms. The average Bonchev–Trinajstić information content (AvgIpc) is 2.69. The first kappa shape index (κ1) is 10.6. The Morgan fingerprint density at radius 3 is 2.31 bits per heavy atom. The zero-order chi connectivity index (χ0) is 11.6. The third kappa shape index (κ3) is 2.56. The summed E-state index contributed by atoms with van der Waals surface area (Å²) < 4.78 is 44.2. The maximum atomic E-state index is 11.9. The number of halogens is 3. The van der Waals surface area contributed by atoms with Crippen molar-refractivity contribution in [2.24, 2.45) is 0 Å². The Bertz CT molecular complexity index is 443. The lowest BCUT2D eigenvalue weighted by Crippen LogP contribution is -2.16. The molecule has 5 heteroatoms. The minimum atomic E-state index is -4.66. The van der Waals surface area contributed by atoms with Crippen LogP contribution in [-0.2, 0) is 0 Å². The number of hydrogen-bond acceptors (Lipinski definition) is 2. The van der Waals surface area contributed by atoms with Crippen LogP contribution in [0.3, 0.4) is 0 Å². The summed E-state index contributed by atoms with van der Waals surface area (Å²) in [7, 11) is 0. The fraction of sp³-hybridized carbons (Fsp3) is 0.0909. The van der Waals surface area contributed by atoms with Crippen molar-refractivity contribution in [2.75, 3.05) is 0 Å². The lowest BCUT2D eigenvalue weighted by molar-refractivity contribution is -0.274. The van der Waals surface area contributed by atoms with Crippen molar-refractivity contribution in [1.29, 1.82) is 0 Å². The van der Waals surface area contributed by atoms with Crippen LogP contribution in [0.2, 0.25) is 0 Å². The molecule has 2 nitrogen and oxygen atoms in total. The smallest absolute Gasteiger partial charge is 0.471 e. The Hall–Kier alpha value is -1.91. The first-order chi connectivity index (χ1) is 7.54. The molecule has 2 rings (SSSR count). The fourth-order valence-corrected chi connectivity index (χ4v) is 1.22. The summed E-state index contributed by atoms with van der Waals surface area (Å²) in [6.45, 7) is 0. The van der Waals surface area contributed by atoms with Crippen molar-refractivity contribution in [3.63, 3.8) is 0 Å². The van der Waals surface area contributed by atoms with E-state index < -0.39 is 6.36 Å². The van der Waals surface area contributed by atoms with E-state index in [4.69, 9.17) is 4.42 Å². The van der Waals surface area contributed by atoms with Crippen LogP contribution in [0.4, 0.5) is 13.2 Å². The number of hydrogen-bond donors (Lipinski definition) is 0. The predicted molar refractivity (Wildman–Crippen MR) is 49.7 cm³/mol. The molecule has 1 radical (unpaired) electrons. The molecule has 0 amide bonds. The third-order valence-corrected chi connectivity index (χ3v) is 1.87. The largest absolute Gasteiger partial charge is 0.573 e. The molecule has 0 spiro atoms. The Morgan fingerprint density at radius 1 is 1.12 bits per heavy atom. The monoisotopic (exact) mass is 227 g/mol. The number of ether oxygens (including phenoxy) is 1. The zero-order valence-electron chi connectivity index (χ0n) is 7.91.